The van der Waals surface area contributed by atoms with Crippen molar-refractivity contribution < 1.29 is 4.79 Å². The fourth-order valence-corrected chi connectivity index (χ4v) is 4.21. The van der Waals surface area contributed by atoms with Gasteiger partial charge in [0, 0.05) is 18.5 Å². The Morgan fingerprint density at radius 2 is 1.74 bits per heavy atom. The highest BCUT2D eigenvalue weighted by Crippen LogP contribution is 2.30. The summed E-state index contributed by atoms with van der Waals surface area (Å²) in [5.41, 5.74) is 7.47. The number of hydrogen-bond donors (Lipinski definition) is 2. The lowest BCUT2D eigenvalue weighted by Crippen LogP contribution is -2.40. The highest BCUT2D eigenvalue weighted by molar-refractivity contribution is 5.85. The molecule has 2 saturated carbocycles. The Hall–Kier alpha value is -1.06. The highest BCUT2D eigenvalue weighted by Gasteiger charge is 2.31. The van der Waals surface area contributed by atoms with E-state index in [1.54, 1.807) is 0 Å². The van der Waals surface area contributed by atoms with Crippen molar-refractivity contribution in [2.24, 2.45) is 17.6 Å². The molecule has 23 heavy (non-hydrogen) atoms. The van der Waals surface area contributed by atoms with Gasteiger partial charge in [-0.15, -0.1) is 12.4 Å². The molecule has 2 fully saturated rings. The van der Waals surface area contributed by atoms with Crippen LogP contribution in [0.4, 0.5) is 0 Å². The van der Waals surface area contributed by atoms with Crippen LogP contribution >= 0.6 is 12.4 Å². The third-order valence-corrected chi connectivity index (χ3v) is 5.51. The maximum absolute atomic E-state index is 12.3. The minimum absolute atomic E-state index is 0. The van der Waals surface area contributed by atoms with Crippen molar-refractivity contribution in [1.29, 1.82) is 0 Å². The molecule has 1 aromatic rings. The summed E-state index contributed by atoms with van der Waals surface area (Å²) in [6.07, 6.45) is 8.66. The monoisotopic (exact) mass is 336 g/mol. The van der Waals surface area contributed by atoms with Crippen LogP contribution < -0.4 is 11.1 Å². The van der Waals surface area contributed by atoms with Gasteiger partial charge in [-0.3, -0.25) is 4.79 Å². The summed E-state index contributed by atoms with van der Waals surface area (Å²) < 4.78 is 0. The average molecular weight is 337 g/mol. The number of nitrogens with one attached hydrogen (secondary N) is 1. The molecular weight excluding hydrogens is 308 g/mol. The molecule has 0 heterocycles. The molecule has 4 heteroatoms. The first-order valence-corrected chi connectivity index (χ1v) is 8.81. The second-order valence-electron chi connectivity index (χ2n) is 7.11. The first-order chi connectivity index (χ1) is 10.7. The standard InChI is InChI=1S/C19H28N2O.ClH/c20-17-10-4-8-15(17)13-19(22)21-18-11-5-9-16(18)12-14-6-2-1-3-7-14;/h1-3,6-7,15-18H,4-5,8-13,20H2,(H,21,22);1H/t15-,16?,17+,18?;/m0./s1. The van der Waals surface area contributed by atoms with Crippen molar-refractivity contribution in [3.8, 4) is 0 Å². The maximum atomic E-state index is 12.3. The van der Waals surface area contributed by atoms with E-state index in [4.69, 9.17) is 5.73 Å². The predicted molar refractivity (Wildman–Crippen MR) is 96.6 cm³/mol. The van der Waals surface area contributed by atoms with Crippen LogP contribution in [0.25, 0.3) is 0 Å². The van der Waals surface area contributed by atoms with Crippen molar-refractivity contribution >= 4 is 18.3 Å². The molecule has 2 unspecified atom stereocenters. The van der Waals surface area contributed by atoms with Gasteiger partial charge in [0.15, 0.2) is 0 Å². The normalized spacial score (nSPS) is 30.0. The fourth-order valence-electron chi connectivity index (χ4n) is 4.21. The Kier molecular flexibility index (Phi) is 6.91. The molecule has 128 valence electrons. The van der Waals surface area contributed by atoms with Gasteiger partial charge in [-0.05, 0) is 49.5 Å². The molecule has 0 spiro atoms. The van der Waals surface area contributed by atoms with Gasteiger partial charge in [0.25, 0.3) is 0 Å². The number of rotatable bonds is 5. The van der Waals surface area contributed by atoms with E-state index in [1.165, 1.54) is 24.8 Å². The van der Waals surface area contributed by atoms with Crippen LogP contribution in [-0.4, -0.2) is 18.0 Å². The topological polar surface area (TPSA) is 55.1 Å². The van der Waals surface area contributed by atoms with Crippen molar-refractivity contribution in [1.82, 2.24) is 5.32 Å². The van der Waals surface area contributed by atoms with Crippen molar-refractivity contribution in [3.63, 3.8) is 0 Å². The summed E-state index contributed by atoms with van der Waals surface area (Å²) in [5, 5.41) is 3.30. The smallest absolute Gasteiger partial charge is 0.220 e. The molecule has 2 aliphatic rings. The van der Waals surface area contributed by atoms with Gasteiger partial charge in [-0.1, -0.05) is 43.2 Å². The zero-order valence-electron chi connectivity index (χ0n) is 13.7. The van der Waals surface area contributed by atoms with Crippen LogP contribution in [0.3, 0.4) is 0 Å². The number of halogens is 1. The molecule has 0 bridgehead atoms. The molecular formula is C19H29ClN2O. The zero-order valence-corrected chi connectivity index (χ0v) is 14.6. The molecule has 4 atom stereocenters. The fraction of sp³-hybridized carbons (Fsp3) is 0.632. The lowest BCUT2D eigenvalue weighted by molar-refractivity contribution is -0.123. The third kappa shape index (κ3) is 4.95. The Labute approximate surface area is 145 Å². The number of hydrogen-bond acceptors (Lipinski definition) is 2. The van der Waals surface area contributed by atoms with Gasteiger partial charge in [-0.2, -0.15) is 0 Å². The van der Waals surface area contributed by atoms with Crippen molar-refractivity contribution in [2.45, 2.75) is 63.5 Å². The van der Waals surface area contributed by atoms with Gasteiger partial charge in [0.05, 0.1) is 0 Å². The number of nitrogens with two attached hydrogens (primary N) is 1. The first kappa shape index (κ1) is 18.3. The minimum atomic E-state index is 0. The Balaban J connectivity index is 0.00000192. The molecule has 2 aliphatic carbocycles. The molecule has 1 amide bonds. The first-order valence-electron chi connectivity index (χ1n) is 8.81. The van der Waals surface area contributed by atoms with Crippen LogP contribution in [-0.2, 0) is 11.2 Å². The largest absolute Gasteiger partial charge is 0.353 e. The van der Waals surface area contributed by atoms with Crippen LogP contribution in [0.2, 0.25) is 0 Å². The SMILES string of the molecule is Cl.N[C@@H]1CCC[C@H]1CC(=O)NC1CCCC1Cc1ccccc1. The second kappa shape index (κ2) is 8.70. The minimum Gasteiger partial charge on any atom is -0.353 e. The molecule has 1 aromatic carbocycles. The Morgan fingerprint density at radius 3 is 2.43 bits per heavy atom. The van der Waals surface area contributed by atoms with Crippen molar-refractivity contribution in [3.05, 3.63) is 35.9 Å². The maximum Gasteiger partial charge on any atom is 0.220 e. The molecule has 0 aliphatic heterocycles. The quantitative estimate of drug-likeness (QED) is 0.865. The average Bonchev–Trinajstić information content (AvgIpc) is 3.10. The summed E-state index contributed by atoms with van der Waals surface area (Å²) in [5.74, 6) is 1.20. The van der Waals surface area contributed by atoms with Crippen molar-refractivity contribution in [2.75, 3.05) is 0 Å². The number of carbonyl (C=O) groups is 1. The van der Waals surface area contributed by atoms with Crippen LogP contribution in [0.5, 0.6) is 0 Å². The van der Waals surface area contributed by atoms with Gasteiger partial charge >= 0.3 is 0 Å². The van der Waals surface area contributed by atoms with E-state index < -0.39 is 0 Å². The third-order valence-electron chi connectivity index (χ3n) is 5.51. The summed E-state index contributed by atoms with van der Waals surface area (Å²) in [6, 6.07) is 11.2. The molecule has 3 N–H and O–H groups in total. The van der Waals surface area contributed by atoms with Gasteiger partial charge in [0.1, 0.15) is 0 Å². The summed E-state index contributed by atoms with van der Waals surface area (Å²) in [4.78, 5) is 12.3. The lowest BCUT2D eigenvalue weighted by Gasteiger charge is -2.23. The van der Waals surface area contributed by atoms with E-state index in [-0.39, 0.29) is 24.4 Å². The molecule has 3 rings (SSSR count). The van der Waals surface area contributed by atoms with Crippen LogP contribution in [0, 0.1) is 11.8 Å². The van der Waals surface area contributed by atoms with Crippen LogP contribution in [0.15, 0.2) is 30.3 Å². The van der Waals surface area contributed by atoms with Crippen LogP contribution in [0.1, 0.15) is 50.5 Å². The highest BCUT2D eigenvalue weighted by atomic mass is 35.5. The molecule has 0 radical (unpaired) electrons. The van der Waals surface area contributed by atoms with Gasteiger partial charge < -0.3 is 11.1 Å². The number of carbonyl (C=O) groups excluding carboxylic acids is 1. The predicted octanol–water partition coefficient (Wildman–Crippen LogP) is 3.45. The van der Waals surface area contributed by atoms with Gasteiger partial charge in [-0.25, -0.2) is 0 Å². The number of benzene rings is 1. The lowest BCUT2D eigenvalue weighted by atomic mass is 9.94. The second-order valence-corrected chi connectivity index (χ2v) is 7.11. The Morgan fingerprint density at radius 1 is 1.04 bits per heavy atom. The zero-order chi connectivity index (χ0) is 15.4. The van der Waals surface area contributed by atoms with E-state index in [0.29, 0.717) is 24.3 Å². The summed E-state index contributed by atoms with van der Waals surface area (Å²) >= 11 is 0. The molecule has 3 nitrogen and oxygen atoms in total. The van der Waals surface area contributed by atoms with E-state index in [1.807, 2.05) is 0 Å². The van der Waals surface area contributed by atoms with E-state index in [2.05, 4.69) is 35.6 Å². The summed E-state index contributed by atoms with van der Waals surface area (Å²) in [7, 11) is 0. The summed E-state index contributed by atoms with van der Waals surface area (Å²) in [6.45, 7) is 0. The molecule has 0 aromatic heterocycles. The Bertz CT molecular complexity index is 493. The molecule has 0 saturated heterocycles. The van der Waals surface area contributed by atoms with E-state index >= 15 is 0 Å². The van der Waals surface area contributed by atoms with E-state index in [9.17, 15) is 4.79 Å². The van der Waals surface area contributed by atoms with Gasteiger partial charge in [0.2, 0.25) is 5.91 Å². The number of amides is 1. The van der Waals surface area contributed by atoms with E-state index in [0.717, 1.165) is 25.7 Å².